The van der Waals surface area contributed by atoms with Gasteiger partial charge >= 0.3 is 0 Å². The summed E-state index contributed by atoms with van der Waals surface area (Å²) < 4.78 is 1.06. The minimum atomic E-state index is -0.262. The van der Waals surface area contributed by atoms with Gasteiger partial charge in [0.15, 0.2) is 5.11 Å². The van der Waals surface area contributed by atoms with Crippen LogP contribution in [0.1, 0.15) is 39.7 Å². The molecule has 0 unspecified atom stereocenters. The number of hydrogen-bond acceptors (Lipinski definition) is 4. The number of carbonyl (C=O) groups excluding carboxylic acids is 1. The molecular formula is C18H16IN3OS2. The lowest BCUT2D eigenvalue weighted by Gasteiger charge is -2.17. The van der Waals surface area contributed by atoms with Crippen molar-refractivity contribution >= 4 is 62.2 Å². The Balaban J connectivity index is 1.72. The van der Waals surface area contributed by atoms with Gasteiger partial charge in [-0.1, -0.05) is 6.92 Å². The molecule has 1 aliphatic carbocycles. The van der Waals surface area contributed by atoms with Crippen LogP contribution in [0.15, 0.2) is 24.3 Å². The Morgan fingerprint density at radius 1 is 1.40 bits per heavy atom. The molecule has 128 valence electrons. The second kappa shape index (κ2) is 7.81. The summed E-state index contributed by atoms with van der Waals surface area (Å²) in [4.78, 5) is 13.5. The van der Waals surface area contributed by atoms with Gasteiger partial charge in [0.05, 0.1) is 5.56 Å². The quantitative estimate of drug-likeness (QED) is 0.491. The van der Waals surface area contributed by atoms with Gasteiger partial charge in [0, 0.05) is 14.0 Å². The van der Waals surface area contributed by atoms with Crippen LogP contribution in [-0.4, -0.2) is 11.0 Å². The first-order chi connectivity index (χ1) is 12.0. The minimum Gasteiger partial charge on any atom is -0.323 e. The second-order valence-electron chi connectivity index (χ2n) is 6.08. The number of halogens is 1. The highest BCUT2D eigenvalue weighted by atomic mass is 127. The number of thiophene rings is 1. The van der Waals surface area contributed by atoms with Crippen molar-refractivity contribution in [1.82, 2.24) is 5.32 Å². The topological polar surface area (TPSA) is 64.9 Å². The molecule has 1 amide bonds. The first kappa shape index (κ1) is 18.3. The Hall–Kier alpha value is -1.50. The van der Waals surface area contributed by atoms with Crippen molar-refractivity contribution in [1.29, 1.82) is 5.26 Å². The van der Waals surface area contributed by atoms with Gasteiger partial charge in [-0.2, -0.15) is 5.26 Å². The number of nitriles is 1. The van der Waals surface area contributed by atoms with Crippen molar-refractivity contribution in [2.75, 3.05) is 5.32 Å². The number of fused-ring (bicyclic) bond motifs is 1. The highest BCUT2D eigenvalue weighted by Crippen LogP contribution is 2.39. The number of benzene rings is 1. The summed E-state index contributed by atoms with van der Waals surface area (Å²) >= 11 is 9.02. The van der Waals surface area contributed by atoms with Crippen LogP contribution in [0.4, 0.5) is 5.00 Å². The third kappa shape index (κ3) is 4.19. The molecule has 0 saturated carbocycles. The number of nitrogens with zero attached hydrogens (tertiary/aromatic N) is 1. The van der Waals surface area contributed by atoms with E-state index in [1.54, 1.807) is 23.5 Å². The molecule has 0 saturated heterocycles. The fourth-order valence-corrected chi connectivity index (χ4v) is 4.85. The largest absolute Gasteiger partial charge is 0.323 e. The van der Waals surface area contributed by atoms with Crippen molar-refractivity contribution in [3.05, 3.63) is 49.4 Å². The van der Waals surface area contributed by atoms with E-state index >= 15 is 0 Å². The van der Waals surface area contributed by atoms with Crippen LogP contribution in [0.3, 0.4) is 0 Å². The molecule has 2 aromatic rings. The minimum absolute atomic E-state index is 0.215. The normalized spacial score (nSPS) is 15.8. The van der Waals surface area contributed by atoms with E-state index in [0.29, 0.717) is 17.0 Å². The first-order valence-electron chi connectivity index (χ1n) is 7.90. The summed E-state index contributed by atoms with van der Waals surface area (Å²) in [6, 6.07) is 9.54. The van der Waals surface area contributed by atoms with Crippen LogP contribution in [0, 0.1) is 20.8 Å². The Bertz CT molecular complexity index is 868. The van der Waals surface area contributed by atoms with E-state index in [1.807, 2.05) is 12.1 Å². The molecule has 2 N–H and O–H groups in total. The van der Waals surface area contributed by atoms with Crippen LogP contribution in [-0.2, 0) is 12.8 Å². The van der Waals surface area contributed by atoms with Crippen molar-refractivity contribution in [2.45, 2.75) is 26.2 Å². The third-order valence-electron chi connectivity index (χ3n) is 4.18. The van der Waals surface area contributed by atoms with Gasteiger partial charge in [-0.25, -0.2) is 0 Å². The van der Waals surface area contributed by atoms with Gasteiger partial charge in [0.2, 0.25) is 0 Å². The maximum Gasteiger partial charge on any atom is 0.257 e. The Morgan fingerprint density at radius 3 is 2.80 bits per heavy atom. The number of carbonyl (C=O) groups is 1. The fraction of sp³-hybridized carbons (Fsp3) is 0.278. The number of thiocarbonyl (C=S) groups is 1. The van der Waals surface area contributed by atoms with Crippen LogP contribution >= 0.6 is 46.1 Å². The molecule has 4 nitrogen and oxygen atoms in total. The van der Waals surface area contributed by atoms with Crippen LogP contribution in [0.5, 0.6) is 0 Å². The lowest BCUT2D eigenvalue weighted by atomic mass is 9.89. The molecule has 0 fully saturated rings. The van der Waals surface area contributed by atoms with Crippen molar-refractivity contribution in [3.63, 3.8) is 0 Å². The average Bonchev–Trinajstić information content (AvgIpc) is 2.90. The van der Waals surface area contributed by atoms with E-state index in [9.17, 15) is 10.1 Å². The Kier molecular flexibility index (Phi) is 5.71. The third-order valence-corrected chi connectivity index (χ3v) is 6.28. The van der Waals surface area contributed by atoms with E-state index in [1.165, 1.54) is 4.88 Å². The number of hydrogen-bond donors (Lipinski definition) is 2. The molecule has 7 heteroatoms. The zero-order valence-electron chi connectivity index (χ0n) is 13.6. The summed E-state index contributed by atoms with van der Waals surface area (Å²) in [6.45, 7) is 2.23. The number of nitrogens with one attached hydrogen (secondary N) is 2. The van der Waals surface area contributed by atoms with Crippen molar-refractivity contribution in [2.24, 2.45) is 5.92 Å². The zero-order chi connectivity index (χ0) is 18.0. The summed E-state index contributed by atoms with van der Waals surface area (Å²) in [5, 5.41) is 16.2. The van der Waals surface area contributed by atoms with Crippen molar-refractivity contribution < 1.29 is 4.79 Å². The molecule has 0 bridgehead atoms. The first-order valence-corrected chi connectivity index (χ1v) is 10.2. The van der Waals surface area contributed by atoms with Crippen LogP contribution in [0.25, 0.3) is 0 Å². The van der Waals surface area contributed by atoms with Gasteiger partial charge < -0.3 is 5.32 Å². The lowest BCUT2D eigenvalue weighted by Crippen LogP contribution is -2.34. The molecule has 1 heterocycles. The van der Waals surface area contributed by atoms with E-state index in [-0.39, 0.29) is 11.0 Å². The lowest BCUT2D eigenvalue weighted by molar-refractivity contribution is 0.0977. The van der Waals surface area contributed by atoms with E-state index in [0.717, 1.165) is 33.4 Å². The van der Waals surface area contributed by atoms with Crippen LogP contribution < -0.4 is 10.6 Å². The molecule has 0 radical (unpaired) electrons. The Labute approximate surface area is 169 Å². The summed E-state index contributed by atoms with van der Waals surface area (Å²) in [7, 11) is 0. The maximum absolute atomic E-state index is 12.2. The van der Waals surface area contributed by atoms with Gasteiger partial charge in [0.1, 0.15) is 11.1 Å². The molecule has 3 rings (SSSR count). The second-order valence-corrected chi connectivity index (χ2v) is 8.84. The summed E-state index contributed by atoms with van der Waals surface area (Å²) in [6.07, 6.45) is 3.03. The molecule has 1 aliphatic rings. The number of rotatable bonds is 2. The highest BCUT2D eigenvalue weighted by molar-refractivity contribution is 14.1. The van der Waals surface area contributed by atoms with Gasteiger partial charge in [0.25, 0.3) is 5.91 Å². The fourth-order valence-electron chi connectivity index (χ4n) is 2.87. The maximum atomic E-state index is 12.2. The molecule has 1 atom stereocenters. The van der Waals surface area contributed by atoms with E-state index < -0.39 is 0 Å². The standard InChI is InChI=1S/C18H16IN3OS2/c1-10-2-7-13-14(9-20)17(25-15(13)8-10)22-18(24)21-16(23)11-3-5-12(19)6-4-11/h3-6,10H,2,7-8H2,1H3,(H2,21,22,23,24)/t10-/m1/s1. The predicted octanol–water partition coefficient (Wildman–Crippen LogP) is 4.48. The molecule has 0 aliphatic heterocycles. The Morgan fingerprint density at radius 2 is 2.12 bits per heavy atom. The zero-order valence-corrected chi connectivity index (χ0v) is 17.3. The SMILES string of the molecule is C[C@@H]1CCc2c(sc(NC(=S)NC(=O)c3ccc(I)cc3)c2C#N)C1. The smallest absolute Gasteiger partial charge is 0.257 e. The molecule has 25 heavy (non-hydrogen) atoms. The van der Waals surface area contributed by atoms with Crippen LogP contribution in [0.2, 0.25) is 0 Å². The average molecular weight is 481 g/mol. The molecule has 1 aromatic heterocycles. The highest BCUT2D eigenvalue weighted by Gasteiger charge is 2.24. The van der Waals surface area contributed by atoms with E-state index in [4.69, 9.17) is 12.2 Å². The van der Waals surface area contributed by atoms with E-state index in [2.05, 4.69) is 46.2 Å². The van der Waals surface area contributed by atoms with Gasteiger partial charge in [-0.05, 0) is 89.8 Å². The summed E-state index contributed by atoms with van der Waals surface area (Å²) in [5.41, 5.74) is 2.35. The van der Waals surface area contributed by atoms with Crippen molar-refractivity contribution in [3.8, 4) is 6.07 Å². The van der Waals surface area contributed by atoms with Gasteiger partial charge in [-0.3, -0.25) is 10.1 Å². The number of anilines is 1. The number of amides is 1. The molecular weight excluding hydrogens is 465 g/mol. The molecule has 1 aromatic carbocycles. The van der Waals surface area contributed by atoms with Gasteiger partial charge in [-0.15, -0.1) is 11.3 Å². The summed E-state index contributed by atoms with van der Waals surface area (Å²) in [5.74, 6) is 0.375. The molecule has 0 spiro atoms. The predicted molar refractivity (Wildman–Crippen MR) is 113 cm³/mol. The monoisotopic (exact) mass is 481 g/mol.